The van der Waals surface area contributed by atoms with Gasteiger partial charge >= 0.3 is 0 Å². The molecule has 3 heteroatoms. The molecule has 0 heterocycles. The molecule has 0 bridgehead atoms. The van der Waals surface area contributed by atoms with Gasteiger partial charge in [0.15, 0.2) is 0 Å². The minimum absolute atomic E-state index is 0.173. The molecule has 0 aromatic rings. The molecule has 0 N–H and O–H groups in total. The van der Waals surface area contributed by atoms with E-state index in [1.165, 1.54) is 0 Å². The Hall–Kier alpha value is -0.180. The molecule has 78 valence electrons. The maximum atomic E-state index is 11.3. The minimum Gasteiger partial charge on any atom is -0.300 e. The second kappa shape index (κ2) is 6.30. The number of hydrogen-bond acceptors (Lipinski definition) is 2. The first kappa shape index (κ1) is 12.8. The van der Waals surface area contributed by atoms with Crippen LogP contribution in [0.2, 0.25) is 0 Å². The second-order valence-electron chi connectivity index (χ2n) is 4.02. The summed E-state index contributed by atoms with van der Waals surface area (Å²) in [6, 6.07) is 0. The van der Waals surface area contributed by atoms with E-state index in [-0.39, 0.29) is 11.0 Å². The van der Waals surface area contributed by atoms with Crippen LogP contribution < -0.4 is 0 Å². The van der Waals surface area contributed by atoms with E-state index in [1.54, 1.807) is 0 Å². The average Bonchev–Trinajstić information content (AvgIpc) is 1.98. The van der Waals surface area contributed by atoms with E-state index >= 15 is 0 Å². The highest BCUT2D eigenvalue weighted by Gasteiger charge is 2.09. The summed E-state index contributed by atoms with van der Waals surface area (Å²) < 4.78 is 11.3. The Morgan fingerprint density at radius 3 is 2.15 bits per heavy atom. The first-order valence-electron chi connectivity index (χ1n) is 4.82. The van der Waals surface area contributed by atoms with Gasteiger partial charge in [0, 0.05) is 34.6 Å². The summed E-state index contributed by atoms with van der Waals surface area (Å²) in [6.07, 6.45) is 1.10. The fourth-order valence-electron chi connectivity index (χ4n) is 1.01. The van der Waals surface area contributed by atoms with Gasteiger partial charge < -0.3 is 0 Å². The minimum atomic E-state index is -0.828. The van der Waals surface area contributed by atoms with Crippen LogP contribution in [0.3, 0.4) is 0 Å². The van der Waals surface area contributed by atoms with Gasteiger partial charge in [-0.2, -0.15) is 0 Å². The number of ketones is 1. The number of carbonyl (C=O) groups is 1. The van der Waals surface area contributed by atoms with E-state index in [4.69, 9.17) is 0 Å². The van der Waals surface area contributed by atoms with Crippen LogP contribution in [0, 0.1) is 5.92 Å². The topological polar surface area (TPSA) is 34.1 Å². The Bertz CT molecular complexity index is 185. The lowest BCUT2D eigenvalue weighted by atomic mass is 10.1. The van der Waals surface area contributed by atoms with Gasteiger partial charge in [-0.3, -0.25) is 9.00 Å². The van der Waals surface area contributed by atoms with Gasteiger partial charge in [0.25, 0.3) is 0 Å². The third-order valence-electron chi connectivity index (χ3n) is 1.74. The van der Waals surface area contributed by atoms with Gasteiger partial charge in [-0.1, -0.05) is 27.7 Å². The molecule has 2 nitrogen and oxygen atoms in total. The molecule has 0 radical (unpaired) electrons. The van der Waals surface area contributed by atoms with Crippen LogP contribution in [0.5, 0.6) is 0 Å². The lowest BCUT2D eigenvalue weighted by molar-refractivity contribution is -0.119. The smallest absolute Gasteiger partial charge is 0.134 e. The van der Waals surface area contributed by atoms with Crippen molar-refractivity contribution in [3.63, 3.8) is 0 Å². The van der Waals surface area contributed by atoms with Crippen molar-refractivity contribution in [2.24, 2.45) is 5.92 Å². The van der Waals surface area contributed by atoms with Crippen LogP contribution in [0.4, 0.5) is 0 Å². The van der Waals surface area contributed by atoms with Crippen LogP contribution in [-0.4, -0.2) is 21.0 Å². The predicted molar refractivity (Wildman–Crippen MR) is 57.2 cm³/mol. The van der Waals surface area contributed by atoms with Crippen LogP contribution in [0.1, 0.15) is 40.5 Å². The molecule has 0 aliphatic heterocycles. The summed E-state index contributed by atoms with van der Waals surface area (Å²) >= 11 is 0. The van der Waals surface area contributed by atoms with Gasteiger partial charge in [0.1, 0.15) is 5.78 Å². The van der Waals surface area contributed by atoms with Crippen LogP contribution in [0.15, 0.2) is 0 Å². The highest BCUT2D eigenvalue weighted by Crippen LogP contribution is 2.04. The molecule has 1 unspecified atom stereocenters. The van der Waals surface area contributed by atoms with Crippen molar-refractivity contribution < 1.29 is 9.00 Å². The van der Waals surface area contributed by atoms with Gasteiger partial charge in [0.2, 0.25) is 0 Å². The molecule has 0 aromatic heterocycles. The lowest BCUT2D eigenvalue weighted by Gasteiger charge is -2.05. The Morgan fingerprint density at radius 1 is 1.23 bits per heavy atom. The van der Waals surface area contributed by atoms with E-state index in [0.29, 0.717) is 24.5 Å². The molecule has 1 atom stereocenters. The number of hydrogen-bond donors (Lipinski definition) is 0. The van der Waals surface area contributed by atoms with Crippen LogP contribution in [-0.2, 0) is 15.6 Å². The van der Waals surface area contributed by atoms with E-state index < -0.39 is 10.8 Å². The fraction of sp³-hybridized carbons (Fsp3) is 0.900. The normalized spacial score (nSPS) is 13.7. The summed E-state index contributed by atoms with van der Waals surface area (Å²) in [4.78, 5) is 11.2. The van der Waals surface area contributed by atoms with Crippen molar-refractivity contribution in [1.29, 1.82) is 0 Å². The average molecular weight is 204 g/mol. The Balaban J connectivity index is 3.64. The Kier molecular flexibility index (Phi) is 6.21. The highest BCUT2D eigenvalue weighted by atomic mass is 32.2. The van der Waals surface area contributed by atoms with E-state index in [2.05, 4.69) is 0 Å². The first-order chi connectivity index (χ1) is 5.93. The molecule has 0 fully saturated rings. The molecule has 0 spiro atoms. The second-order valence-corrected chi connectivity index (χ2v) is 6.13. The molecule has 0 saturated heterocycles. The van der Waals surface area contributed by atoms with Crippen molar-refractivity contribution in [2.75, 3.05) is 5.75 Å². The molecule has 0 aliphatic carbocycles. The summed E-state index contributed by atoms with van der Waals surface area (Å²) in [5.41, 5.74) is 0. The number of Topliss-reactive ketones (excluding diaryl/α,β-unsaturated/α-hetero) is 1. The largest absolute Gasteiger partial charge is 0.300 e. The molecule has 0 aromatic carbocycles. The van der Waals surface area contributed by atoms with Crippen molar-refractivity contribution in [3.05, 3.63) is 0 Å². The lowest BCUT2D eigenvalue weighted by Crippen LogP contribution is -2.13. The third kappa shape index (κ3) is 6.94. The maximum absolute atomic E-state index is 11.3. The molecule has 13 heavy (non-hydrogen) atoms. The quantitative estimate of drug-likeness (QED) is 0.664. The third-order valence-corrected chi connectivity index (χ3v) is 3.40. The highest BCUT2D eigenvalue weighted by molar-refractivity contribution is 7.85. The van der Waals surface area contributed by atoms with Gasteiger partial charge in [-0.15, -0.1) is 0 Å². The molecule has 0 amide bonds. The van der Waals surface area contributed by atoms with Crippen molar-refractivity contribution >= 4 is 16.6 Å². The maximum Gasteiger partial charge on any atom is 0.134 e. The standard InChI is InChI=1S/C10H20O2S/c1-8(2)7-10(11)5-6-13(12)9(3)4/h8-9H,5-7H2,1-4H3. The molecule has 0 rings (SSSR count). The van der Waals surface area contributed by atoms with Gasteiger partial charge in [0.05, 0.1) is 0 Å². The van der Waals surface area contributed by atoms with E-state index in [0.717, 1.165) is 0 Å². The summed E-state index contributed by atoms with van der Waals surface area (Å²) in [7, 11) is -0.828. The Labute approximate surface area is 83.6 Å². The molecular weight excluding hydrogens is 184 g/mol. The zero-order valence-electron chi connectivity index (χ0n) is 9.00. The van der Waals surface area contributed by atoms with E-state index in [1.807, 2.05) is 27.7 Å². The molecule has 0 aliphatic rings. The van der Waals surface area contributed by atoms with Crippen LogP contribution >= 0.6 is 0 Å². The summed E-state index contributed by atoms with van der Waals surface area (Å²) in [6.45, 7) is 7.89. The van der Waals surface area contributed by atoms with Crippen molar-refractivity contribution in [1.82, 2.24) is 0 Å². The van der Waals surface area contributed by atoms with Crippen molar-refractivity contribution in [3.8, 4) is 0 Å². The van der Waals surface area contributed by atoms with Crippen LogP contribution in [0.25, 0.3) is 0 Å². The van der Waals surface area contributed by atoms with Gasteiger partial charge in [-0.05, 0) is 5.92 Å². The summed E-state index contributed by atoms with van der Waals surface area (Å²) in [5.74, 6) is 1.19. The Morgan fingerprint density at radius 2 is 1.77 bits per heavy atom. The predicted octanol–water partition coefficient (Wildman–Crippen LogP) is 2.15. The fourth-order valence-corrected chi connectivity index (χ4v) is 1.91. The van der Waals surface area contributed by atoms with Crippen molar-refractivity contribution in [2.45, 2.75) is 45.8 Å². The van der Waals surface area contributed by atoms with Gasteiger partial charge in [-0.25, -0.2) is 0 Å². The van der Waals surface area contributed by atoms with E-state index in [9.17, 15) is 9.00 Å². The number of carbonyl (C=O) groups excluding carboxylic acids is 1. The first-order valence-corrected chi connectivity index (χ1v) is 6.20. The molecule has 0 saturated carbocycles. The molecular formula is C10H20O2S. The SMILES string of the molecule is CC(C)CC(=O)CCS(=O)C(C)C. The summed E-state index contributed by atoms with van der Waals surface area (Å²) in [5, 5.41) is 0.173. The number of rotatable bonds is 6. The zero-order valence-corrected chi connectivity index (χ0v) is 9.82. The zero-order chi connectivity index (χ0) is 10.4. The monoisotopic (exact) mass is 204 g/mol.